The summed E-state index contributed by atoms with van der Waals surface area (Å²) in [6.45, 7) is 2.01. The molecular weight excluding hydrogens is 836 g/mol. The van der Waals surface area contributed by atoms with Gasteiger partial charge in [-0.15, -0.1) is 0 Å². The number of hydrogen-bond acceptors (Lipinski definition) is 13. The van der Waals surface area contributed by atoms with E-state index < -0.39 is 0 Å². The van der Waals surface area contributed by atoms with Crippen LogP contribution >= 0.6 is 11.6 Å². The molecule has 15 nitrogen and oxygen atoms in total. The van der Waals surface area contributed by atoms with Gasteiger partial charge in [-0.1, -0.05) is 18.5 Å². The molecule has 0 saturated carbocycles. The summed E-state index contributed by atoms with van der Waals surface area (Å²) in [5, 5.41) is 16.1. The number of fused-ring (bicyclic) bond motifs is 2. The highest BCUT2D eigenvalue weighted by atomic mass is 35.5. The van der Waals surface area contributed by atoms with Crippen LogP contribution in [-0.4, -0.2) is 90.0 Å². The Labute approximate surface area is 367 Å². The zero-order valence-electron chi connectivity index (χ0n) is 35.9. The van der Waals surface area contributed by atoms with Crippen molar-refractivity contribution in [1.29, 1.82) is 0 Å². The Balaban J connectivity index is 0.000000175. The average Bonchev–Trinajstić information content (AvgIpc) is 3.92. The van der Waals surface area contributed by atoms with Crippen LogP contribution in [0.5, 0.6) is 34.5 Å². The predicted octanol–water partition coefficient (Wildman–Crippen LogP) is 8.89. The Morgan fingerprint density at radius 2 is 1.13 bits per heavy atom. The van der Waals surface area contributed by atoms with E-state index in [0.29, 0.717) is 81.2 Å². The van der Waals surface area contributed by atoms with Crippen LogP contribution in [0.3, 0.4) is 0 Å². The standard InChI is InChI=1S/C22H22FN5O3.C14H15ClN2O3.C9H9FN2/c1-28(22-15-12-14(23)5-6-16(15)26-27-22)20-7-8-24-19(25-20)11-13-9-17(29-2)21(31-4)18(10-13)30-3;1-18-10-6-9(7-11(19-2)14(10)20-3)8-13-16-5-4-12(15)17-13;1-2-8-7-5-6(10)3-4-9(7)12-11-8/h5-10,12H,11H2,1-4H3,(H,26,27);4-7H,8H2,1-3H3;3-5H,2H2,1H3,(H,11,12). The second-order valence-corrected chi connectivity index (χ2v) is 13.9. The van der Waals surface area contributed by atoms with Gasteiger partial charge in [0.1, 0.15) is 34.3 Å². The van der Waals surface area contributed by atoms with Crippen LogP contribution in [0, 0.1) is 11.6 Å². The van der Waals surface area contributed by atoms with Crippen molar-refractivity contribution < 1.29 is 37.2 Å². The van der Waals surface area contributed by atoms with Gasteiger partial charge >= 0.3 is 0 Å². The van der Waals surface area contributed by atoms with E-state index in [-0.39, 0.29) is 11.6 Å². The van der Waals surface area contributed by atoms with Gasteiger partial charge in [0.15, 0.2) is 28.8 Å². The molecule has 0 fully saturated rings. The third-order valence-corrected chi connectivity index (χ3v) is 9.86. The topological polar surface area (TPSA) is 168 Å². The van der Waals surface area contributed by atoms with Gasteiger partial charge in [0, 0.05) is 48.7 Å². The summed E-state index contributed by atoms with van der Waals surface area (Å²) in [4.78, 5) is 19.2. The van der Waals surface area contributed by atoms with E-state index in [9.17, 15) is 8.78 Å². The quantitative estimate of drug-likeness (QED) is 0.106. The average molecular weight is 882 g/mol. The van der Waals surface area contributed by atoms with E-state index in [0.717, 1.165) is 39.7 Å². The molecule has 4 heterocycles. The molecule has 0 aliphatic carbocycles. The molecule has 0 amide bonds. The summed E-state index contributed by atoms with van der Waals surface area (Å²) >= 11 is 5.86. The van der Waals surface area contributed by atoms with Gasteiger partial charge in [0.05, 0.1) is 53.7 Å². The van der Waals surface area contributed by atoms with Gasteiger partial charge in [0.2, 0.25) is 11.5 Å². The van der Waals surface area contributed by atoms with Gasteiger partial charge in [-0.05, 0) is 90.3 Å². The number of aromatic nitrogens is 8. The number of ether oxygens (including phenoxy) is 6. The number of benzene rings is 4. The van der Waals surface area contributed by atoms with Gasteiger partial charge in [-0.3, -0.25) is 10.2 Å². The van der Waals surface area contributed by atoms with Crippen molar-refractivity contribution in [3.05, 3.63) is 130 Å². The first-order chi connectivity index (χ1) is 30.5. The number of aromatic amines is 2. The Morgan fingerprint density at radius 3 is 1.65 bits per heavy atom. The molecule has 4 aromatic carbocycles. The smallest absolute Gasteiger partial charge is 0.203 e. The van der Waals surface area contributed by atoms with Gasteiger partial charge < -0.3 is 33.3 Å². The highest BCUT2D eigenvalue weighted by molar-refractivity contribution is 6.29. The number of nitrogens with one attached hydrogen (secondary N) is 2. The Bertz CT molecular complexity index is 2760. The fourth-order valence-electron chi connectivity index (χ4n) is 6.60. The Morgan fingerprint density at radius 1 is 0.603 bits per heavy atom. The normalized spacial score (nSPS) is 10.7. The van der Waals surface area contributed by atoms with Crippen molar-refractivity contribution in [2.24, 2.45) is 0 Å². The van der Waals surface area contributed by atoms with Crippen LogP contribution in [0.1, 0.15) is 35.4 Å². The number of H-pyrrole nitrogens is 2. The highest BCUT2D eigenvalue weighted by Gasteiger charge is 2.18. The van der Waals surface area contributed by atoms with Crippen molar-refractivity contribution in [2.75, 3.05) is 54.6 Å². The van der Waals surface area contributed by atoms with Crippen molar-refractivity contribution in [3.63, 3.8) is 0 Å². The van der Waals surface area contributed by atoms with E-state index in [1.54, 1.807) is 84.2 Å². The lowest BCUT2D eigenvalue weighted by molar-refractivity contribution is 0.324. The second-order valence-electron chi connectivity index (χ2n) is 13.6. The Hall–Kier alpha value is -7.27. The van der Waals surface area contributed by atoms with Crippen LogP contribution in [-0.2, 0) is 19.3 Å². The van der Waals surface area contributed by atoms with Crippen LogP contribution in [0.4, 0.5) is 20.4 Å². The molecule has 8 rings (SSSR count). The third kappa shape index (κ3) is 10.8. The van der Waals surface area contributed by atoms with E-state index in [1.165, 1.54) is 24.3 Å². The van der Waals surface area contributed by atoms with Crippen molar-refractivity contribution in [3.8, 4) is 34.5 Å². The van der Waals surface area contributed by atoms with Gasteiger partial charge in [0.25, 0.3) is 0 Å². The number of anilines is 2. The summed E-state index contributed by atoms with van der Waals surface area (Å²) in [5.74, 6) is 5.33. The molecule has 0 atom stereocenters. The highest BCUT2D eigenvalue weighted by Crippen LogP contribution is 2.40. The third-order valence-electron chi connectivity index (χ3n) is 9.65. The molecule has 0 saturated heterocycles. The summed E-state index contributed by atoms with van der Waals surface area (Å²) in [5.41, 5.74) is 4.41. The number of nitrogens with zero attached hydrogens (tertiary/aromatic N) is 7. The Kier molecular flexibility index (Phi) is 15.1. The molecule has 8 aromatic rings. The second kappa shape index (κ2) is 21.0. The molecule has 18 heteroatoms. The van der Waals surface area contributed by atoms with Gasteiger partial charge in [-0.2, -0.15) is 10.2 Å². The molecule has 0 bridgehead atoms. The molecule has 0 spiro atoms. The van der Waals surface area contributed by atoms with E-state index >= 15 is 0 Å². The molecule has 63 heavy (non-hydrogen) atoms. The first-order valence-electron chi connectivity index (χ1n) is 19.4. The monoisotopic (exact) mass is 881 g/mol. The van der Waals surface area contributed by atoms with Crippen LogP contribution in [0.2, 0.25) is 5.15 Å². The zero-order valence-corrected chi connectivity index (χ0v) is 36.7. The van der Waals surface area contributed by atoms with Gasteiger partial charge in [-0.25, -0.2) is 28.7 Å². The lowest BCUT2D eigenvalue weighted by Gasteiger charge is -2.17. The molecule has 0 radical (unpaired) electrons. The molecular formula is C45H46ClF2N9O6. The molecule has 0 aliphatic rings. The van der Waals surface area contributed by atoms with E-state index in [1.807, 2.05) is 38.2 Å². The molecule has 0 aliphatic heterocycles. The maximum atomic E-state index is 13.7. The number of methoxy groups -OCH3 is 6. The number of halogens is 3. The predicted molar refractivity (Wildman–Crippen MR) is 236 cm³/mol. The fraction of sp³-hybridized carbons (Fsp3) is 0.244. The summed E-state index contributed by atoms with van der Waals surface area (Å²) in [6, 6.07) is 20.0. The van der Waals surface area contributed by atoms with Crippen LogP contribution in [0.25, 0.3) is 21.8 Å². The minimum absolute atomic E-state index is 0.210. The lowest BCUT2D eigenvalue weighted by Crippen LogP contribution is -2.13. The minimum Gasteiger partial charge on any atom is -0.493 e. The number of aryl methyl sites for hydroxylation is 1. The summed E-state index contributed by atoms with van der Waals surface area (Å²) in [7, 11) is 11.3. The maximum absolute atomic E-state index is 13.7. The van der Waals surface area contributed by atoms with Crippen LogP contribution < -0.4 is 33.3 Å². The first-order valence-corrected chi connectivity index (χ1v) is 19.8. The van der Waals surface area contributed by atoms with Crippen molar-refractivity contribution in [2.45, 2.75) is 26.2 Å². The van der Waals surface area contributed by atoms with Crippen molar-refractivity contribution >= 4 is 45.0 Å². The summed E-state index contributed by atoms with van der Waals surface area (Å²) in [6.07, 6.45) is 5.13. The maximum Gasteiger partial charge on any atom is 0.203 e. The van der Waals surface area contributed by atoms with Crippen LogP contribution in [0.15, 0.2) is 85.2 Å². The molecule has 4 aromatic heterocycles. The minimum atomic E-state index is -0.325. The first kappa shape index (κ1) is 45.3. The number of rotatable bonds is 13. The fourth-order valence-corrected chi connectivity index (χ4v) is 6.76. The number of hydrogen-bond donors (Lipinski definition) is 2. The molecule has 2 N–H and O–H groups in total. The van der Waals surface area contributed by atoms with Crippen molar-refractivity contribution in [1.82, 2.24) is 40.3 Å². The SMILES string of the molecule is CCc1[nH]nc2ccc(F)cc12.COc1cc(Cc2nccc(Cl)n2)cc(OC)c1OC.COc1cc(Cc2nccc(N(C)c3n[nH]c4ccc(F)cc34)n2)cc(OC)c1OC. The lowest BCUT2D eigenvalue weighted by atomic mass is 10.1. The summed E-state index contributed by atoms with van der Waals surface area (Å²) < 4.78 is 58.6. The zero-order chi connectivity index (χ0) is 45.0. The molecule has 0 unspecified atom stereocenters. The van der Waals surface area contributed by atoms with E-state index in [2.05, 4.69) is 40.3 Å². The van der Waals surface area contributed by atoms with E-state index in [4.69, 9.17) is 40.0 Å². The molecule has 328 valence electrons. The largest absolute Gasteiger partial charge is 0.493 e.